The van der Waals surface area contributed by atoms with Crippen LogP contribution in [-0.2, 0) is 11.3 Å². The molecule has 2 aromatic heterocycles. The lowest BCUT2D eigenvalue weighted by Gasteiger charge is -2.22. The Balaban J connectivity index is 2.18. The van der Waals surface area contributed by atoms with Crippen LogP contribution < -0.4 is 16.8 Å². The standard InChI is InChI=1S/C18H24N6O3S/c1-11(2)5-7-22-13(25)10-24(9-12-4-3-6-21-8-12)18(27)16-14(19)15(17(20)26)23-28-16/h3-4,6,8,11H,5,7,9-10,19H2,1-2H3,(H2,20,26)(H,22,25). The molecule has 0 saturated heterocycles. The number of nitrogens with one attached hydrogen (secondary N) is 1. The Morgan fingerprint density at radius 1 is 1.32 bits per heavy atom. The van der Waals surface area contributed by atoms with E-state index in [0.717, 1.165) is 23.5 Å². The van der Waals surface area contributed by atoms with Crippen LogP contribution in [0.3, 0.4) is 0 Å². The van der Waals surface area contributed by atoms with E-state index in [1.165, 1.54) is 4.90 Å². The first-order valence-electron chi connectivity index (χ1n) is 8.79. The van der Waals surface area contributed by atoms with Crippen molar-refractivity contribution in [2.45, 2.75) is 26.8 Å². The van der Waals surface area contributed by atoms with Crippen molar-refractivity contribution in [2.24, 2.45) is 11.7 Å². The molecule has 2 rings (SSSR count). The number of hydrogen-bond acceptors (Lipinski definition) is 7. The molecule has 0 unspecified atom stereocenters. The van der Waals surface area contributed by atoms with E-state index in [4.69, 9.17) is 11.5 Å². The summed E-state index contributed by atoms with van der Waals surface area (Å²) in [7, 11) is 0. The molecule has 28 heavy (non-hydrogen) atoms. The number of hydrogen-bond donors (Lipinski definition) is 3. The van der Waals surface area contributed by atoms with Crippen LogP contribution in [0, 0.1) is 5.92 Å². The minimum absolute atomic E-state index is 0.0705. The predicted molar refractivity (Wildman–Crippen MR) is 106 cm³/mol. The molecule has 0 spiro atoms. The average molecular weight is 404 g/mol. The van der Waals surface area contributed by atoms with E-state index in [0.29, 0.717) is 12.5 Å². The van der Waals surface area contributed by atoms with E-state index in [9.17, 15) is 14.4 Å². The molecule has 0 aromatic carbocycles. The zero-order valence-corrected chi connectivity index (χ0v) is 16.7. The van der Waals surface area contributed by atoms with E-state index in [-0.39, 0.29) is 35.3 Å². The van der Waals surface area contributed by atoms with Crippen molar-refractivity contribution in [1.82, 2.24) is 19.6 Å². The van der Waals surface area contributed by atoms with Gasteiger partial charge in [-0.2, -0.15) is 4.37 Å². The van der Waals surface area contributed by atoms with Gasteiger partial charge < -0.3 is 21.7 Å². The normalized spacial score (nSPS) is 10.7. The van der Waals surface area contributed by atoms with Crippen LogP contribution >= 0.6 is 11.5 Å². The predicted octanol–water partition coefficient (Wildman–Crippen LogP) is 1.02. The number of anilines is 1. The molecule has 0 radical (unpaired) electrons. The fraction of sp³-hybridized carbons (Fsp3) is 0.389. The van der Waals surface area contributed by atoms with E-state index in [1.54, 1.807) is 24.5 Å². The van der Waals surface area contributed by atoms with Crippen molar-refractivity contribution >= 4 is 34.9 Å². The lowest BCUT2D eigenvalue weighted by atomic mass is 10.1. The molecule has 0 aliphatic heterocycles. The summed E-state index contributed by atoms with van der Waals surface area (Å²) in [6.07, 6.45) is 4.07. The Hall–Kier alpha value is -3.01. The third-order valence-corrected chi connectivity index (χ3v) is 4.77. The van der Waals surface area contributed by atoms with Crippen molar-refractivity contribution in [3.05, 3.63) is 40.7 Å². The summed E-state index contributed by atoms with van der Waals surface area (Å²) < 4.78 is 3.86. The summed E-state index contributed by atoms with van der Waals surface area (Å²) >= 11 is 0.786. The maximum atomic E-state index is 13.0. The number of nitrogens with two attached hydrogens (primary N) is 2. The van der Waals surface area contributed by atoms with Crippen molar-refractivity contribution < 1.29 is 14.4 Å². The van der Waals surface area contributed by atoms with Gasteiger partial charge in [-0.05, 0) is 35.5 Å². The maximum absolute atomic E-state index is 13.0. The number of nitrogen functional groups attached to an aromatic ring is 1. The second kappa shape index (κ2) is 9.79. The Labute approximate surface area is 167 Å². The van der Waals surface area contributed by atoms with Gasteiger partial charge in [-0.1, -0.05) is 19.9 Å². The van der Waals surface area contributed by atoms with Crippen LogP contribution in [0.5, 0.6) is 0 Å². The molecule has 2 heterocycles. The zero-order valence-electron chi connectivity index (χ0n) is 15.8. The van der Waals surface area contributed by atoms with Gasteiger partial charge in [0.2, 0.25) is 5.91 Å². The summed E-state index contributed by atoms with van der Waals surface area (Å²) in [6.45, 7) is 4.66. The Morgan fingerprint density at radius 3 is 2.64 bits per heavy atom. The fourth-order valence-corrected chi connectivity index (χ4v) is 3.19. The van der Waals surface area contributed by atoms with Crippen LogP contribution in [0.4, 0.5) is 5.69 Å². The molecule has 0 fully saturated rings. The van der Waals surface area contributed by atoms with Crippen LogP contribution in [0.1, 0.15) is 46.0 Å². The minimum atomic E-state index is -0.807. The number of primary amides is 1. The number of pyridine rings is 1. The third kappa shape index (κ3) is 5.74. The lowest BCUT2D eigenvalue weighted by molar-refractivity contribution is -0.121. The van der Waals surface area contributed by atoms with Crippen molar-refractivity contribution in [3.8, 4) is 0 Å². The van der Waals surface area contributed by atoms with Gasteiger partial charge in [0.05, 0.1) is 5.69 Å². The summed E-state index contributed by atoms with van der Waals surface area (Å²) in [5, 5.41) is 2.81. The second-order valence-electron chi connectivity index (χ2n) is 6.69. The molecule has 9 nitrogen and oxygen atoms in total. The van der Waals surface area contributed by atoms with E-state index < -0.39 is 11.8 Å². The van der Waals surface area contributed by atoms with Gasteiger partial charge in [-0.15, -0.1) is 0 Å². The summed E-state index contributed by atoms with van der Waals surface area (Å²) in [6, 6.07) is 3.54. The number of carbonyl (C=O) groups is 3. The first kappa shape index (κ1) is 21.3. The molecular formula is C18H24N6O3S. The zero-order chi connectivity index (χ0) is 20.7. The van der Waals surface area contributed by atoms with E-state index >= 15 is 0 Å². The largest absolute Gasteiger partial charge is 0.395 e. The molecule has 0 saturated carbocycles. The molecule has 10 heteroatoms. The van der Waals surface area contributed by atoms with Gasteiger partial charge in [0.25, 0.3) is 11.8 Å². The summed E-state index contributed by atoms with van der Waals surface area (Å²) in [5.74, 6) is -1.13. The fourth-order valence-electron chi connectivity index (χ4n) is 2.41. The van der Waals surface area contributed by atoms with Gasteiger partial charge in [-0.3, -0.25) is 19.4 Å². The monoisotopic (exact) mass is 404 g/mol. The van der Waals surface area contributed by atoms with Crippen LogP contribution in [0.15, 0.2) is 24.5 Å². The quantitative estimate of drug-likeness (QED) is 0.569. The van der Waals surface area contributed by atoms with E-state index in [2.05, 4.69) is 28.5 Å². The van der Waals surface area contributed by atoms with Crippen LogP contribution in [0.25, 0.3) is 0 Å². The smallest absolute Gasteiger partial charge is 0.270 e. The number of amides is 3. The van der Waals surface area contributed by atoms with Gasteiger partial charge in [0.1, 0.15) is 11.4 Å². The van der Waals surface area contributed by atoms with E-state index in [1.807, 2.05) is 0 Å². The number of aromatic nitrogens is 2. The number of nitrogens with zero attached hydrogens (tertiary/aromatic N) is 3. The van der Waals surface area contributed by atoms with Gasteiger partial charge in [0.15, 0.2) is 5.69 Å². The second-order valence-corrected chi connectivity index (χ2v) is 7.47. The highest BCUT2D eigenvalue weighted by atomic mass is 32.1. The molecule has 150 valence electrons. The average Bonchev–Trinajstić information content (AvgIpc) is 3.02. The molecule has 0 atom stereocenters. The Bertz CT molecular complexity index is 837. The highest BCUT2D eigenvalue weighted by Gasteiger charge is 2.26. The Morgan fingerprint density at radius 2 is 2.07 bits per heavy atom. The minimum Gasteiger partial charge on any atom is -0.395 e. The van der Waals surface area contributed by atoms with Crippen LogP contribution in [0.2, 0.25) is 0 Å². The highest BCUT2D eigenvalue weighted by molar-refractivity contribution is 7.09. The van der Waals surface area contributed by atoms with Crippen molar-refractivity contribution in [3.63, 3.8) is 0 Å². The number of rotatable bonds is 9. The molecule has 3 amide bonds. The molecular weight excluding hydrogens is 380 g/mol. The molecule has 0 bridgehead atoms. The maximum Gasteiger partial charge on any atom is 0.270 e. The first-order valence-corrected chi connectivity index (χ1v) is 9.56. The third-order valence-electron chi connectivity index (χ3n) is 3.92. The summed E-state index contributed by atoms with van der Waals surface area (Å²) in [4.78, 5) is 42.1. The molecule has 0 aliphatic rings. The van der Waals surface area contributed by atoms with Gasteiger partial charge in [-0.25, -0.2) is 0 Å². The molecule has 0 aliphatic carbocycles. The lowest BCUT2D eigenvalue weighted by Crippen LogP contribution is -2.40. The van der Waals surface area contributed by atoms with Gasteiger partial charge >= 0.3 is 0 Å². The molecule has 5 N–H and O–H groups in total. The first-order chi connectivity index (χ1) is 13.3. The SMILES string of the molecule is CC(C)CCNC(=O)CN(Cc1cccnc1)C(=O)c1snc(C(N)=O)c1N. The van der Waals surface area contributed by atoms with Crippen molar-refractivity contribution in [2.75, 3.05) is 18.8 Å². The molecule has 2 aromatic rings. The number of carbonyl (C=O) groups excluding carboxylic acids is 3. The summed E-state index contributed by atoms with van der Waals surface area (Å²) in [5.41, 5.74) is 11.6. The van der Waals surface area contributed by atoms with Crippen molar-refractivity contribution in [1.29, 1.82) is 0 Å². The topological polar surface area (TPSA) is 144 Å². The Kier molecular flexibility index (Phi) is 7.44. The van der Waals surface area contributed by atoms with Crippen LogP contribution in [-0.4, -0.2) is 45.1 Å². The van der Waals surface area contributed by atoms with Gasteiger partial charge in [0, 0.05) is 25.5 Å². The highest BCUT2D eigenvalue weighted by Crippen LogP contribution is 2.23.